The zero-order valence-corrected chi connectivity index (χ0v) is 15.3. The van der Waals surface area contributed by atoms with Gasteiger partial charge in [-0.25, -0.2) is 0 Å². The summed E-state index contributed by atoms with van der Waals surface area (Å²) in [6, 6.07) is 0.643. The first-order valence-electron chi connectivity index (χ1n) is 9.51. The third-order valence-corrected chi connectivity index (χ3v) is 6.01. The molecule has 0 aromatic rings. The van der Waals surface area contributed by atoms with E-state index in [4.69, 9.17) is 0 Å². The van der Waals surface area contributed by atoms with Gasteiger partial charge < -0.3 is 10.6 Å². The molecule has 3 heterocycles. The van der Waals surface area contributed by atoms with E-state index in [-0.39, 0.29) is 0 Å². The molecule has 23 heavy (non-hydrogen) atoms. The predicted octanol–water partition coefficient (Wildman–Crippen LogP) is 1.37. The summed E-state index contributed by atoms with van der Waals surface area (Å²) < 4.78 is 0. The Morgan fingerprint density at radius 3 is 2.39 bits per heavy atom. The fourth-order valence-corrected chi connectivity index (χ4v) is 4.62. The lowest BCUT2D eigenvalue weighted by Gasteiger charge is -2.47. The molecular formula is C18H35N5. The summed E-state index contributed by atoms with van der Waals surface area (Å²) in [7, 11) is 1.89. The molecule has 1 aliphatic carbocycles. The standard InChI is InChI=1S/C18H35N5/c1-15(2)11-18(5-4-6-18)14-21-17(19-3)20-12-16-13-22-7-9-23(16)10-8-22/h15-16H,4-14H2,1-3H3,(H2,19,20,21). The summed E-state index contributed by atoms with van der Waals surface area (Å²) in [6.45, 7) is 12.9. The summed E-state index contributed by atoms with van der Waals surface area (Å²) in [5.41, 5.74) is 0.519. The molecule has 0 aromatic carbocycles. The maximum atomic E-state index is 4.44. The number of nitrogens with one attached hydrogen (secondary N) is 2. The van der Waals surface area contributed by atoms with Gasteiger partial charge >= 0.3 is 0 Å². The molecule has 2 bridgehead atoms. The highest BCUT2D eigenvalue weighted by atomic mass is 15.4. The van der Waals surface area contributed by atoms with Crippen LogP contribution >= 0.6 is 0 Å². The Bertz CT molecular complexity index is 408. The van der Waals surface area contributed by atoms with Crippen molar-refractivity contribution in [1.82, 2.24) is 20.4 Å². The number of piperazine rings is 3. The number of nitrogens with zero attached hydrogens (tertiary/aromatic N) is 3. The van der Waals surface area contributed by atoms with Crippen LogP contribution in [-0.4, -0.2) is 74.7 Å². The minimum atomic E-state index is 0.519. The molecule has 0 radical (unpaired) electrons. The van der Waals surface area contributed by atoms with Crippen molar-refractivity contribution in [2.75, 3.05) is 52.9 Å². The van der Waals surface area contributed by atoms with Crippen molar-refractivity contribution in [2.24, 2.45) is 16.3 Å². The number of guanidine groups is 1. The molecule has 4 fully saturated rings. The minimum Gasteiger partial charge on any atom is -0.356 e. The van der Waals surface area contributed by atoms with Crippen molar-refractivity contribution >= 4 is 5.96 Å². The Kier molecular flexibility index (Phi) is 5.47. The molecule has 0 spiro atoms. The Morgan fingerprint density at radius 2 is 1.91 bits per heavy atom. The van der Waals surface area contributed by atoms with Gasteiger partial charge in [0, 0.05) is 58.9 Å². The van der Waals surface area contributed by atoms with E-state index in [1.54, 1.807) is 0 Å². The Morgan fingerprint density at radius 1 is 1.17 bits per heavy atom. The van der Waals surface area contributed by atoms with E-state index in [0.717, 1.165) is 25.0 Å². The van der Waals surface area contributed by atoms with Gasteiger partial charge in [-0.2, -0.15) is 0 Å². The number of hydrogen-bond acceptors (Lipinski definition) is 3. The lowest BCUT2D eigenvalue weighted by molar-refractivity contribution is 0.0153. The highest BCUT2D eigenvalue weighted by molar-refractivity contribution is 5.79. The van der Waals surface area contributed by atoms with Crippen LogP contribution in [0.1, 0.15) is 39.5 Å². The van der Waals surface area contributed by atoms with Gasteiger partial charge in [0.1, 0.15) is 0 Å². The van der Waals surface area contributed by atoms with E-state index >= 15 is 0 Å². The molecule has 4 aliphatic rings. The lowest BCUT2D eigenvalue weighted by Crippen LogP contribution is -2.64. The van der Waals surface area contributed by atoms with Crippen LogP contribution in [0.4, 0.5) is 0 Å². The van der Waals surface area contributed by atoms with E-state index in [2.05, 4.69) is 39.3 Å². The van der Waals surface area contributed by atoms with Gasteiger partial charge in [-0.1, -0.05) is 20.3 Å². The highest BCUT2D eigenvalue weighted by Gasteiger charge is 2.37. The van der Waals surface area contributed by atoms with Crippen molar-refractivity contribution in [3.05, 3.63) is 0 Å². The second kappa shape index (κ2) is 7.39. The van der Waals surface area contributed by atoms with Crippen molar-refractivity contribution < 1.29 is 0 Å². The quantitative estimate of drug-likeness (QED) is 0.573. The van der Waals surface area contributed by atoms with Gasteiger partial charge in [0.15, 0.2) is 5.96 Å². The molecule has 0 amide bonds. The molecule has 1 unspecified atom stereocenters. The summed E-state index contributed by atoms with van der Waals surface area (Å²) in [6.07, 6.45) is 5.48. The van der Waals surface area contributed by atoms with Crippen molar-refractivity contribution in [1.29, 1.82) is 0 Å². The Balaban J connectivity index is 1.43. The molecule has 5 heteroatoms. The highest BCUT2D eigenvalue weighted by Crippen LogP contribution is 2.45. The molecule has 4 rings (SSSR count). The second-order valence-corrected chi connectivity index (χ2v) is 8.25. The van der Waals surface area contributed by atoms with E-state index in [1.165, 1.54) is 58.4 Å². The van der Waals surface area contributed by atoms with Crippen LogP contribution in [0, 0.1) is 11.3 Å². The zero-order chi connectivity index (χ0) is 16.3. The van der Waals surface area contributed by atoms with Crippen molar-refractivity contribution in [3.63, 3.8) is 0 Å². The molecule has 1 saturated carbocycles. The molecule has 2 N–H and O–H groups in total. The maximum Gasteiger partial charge on any atom is 0.191 e. The summed E-state index contributed by atoms with van der Waals surface area (Å²) in [5, 5.41) is 7.18. The SMILES string of the molecule is CN=C(NCC1CN2CCN1CC2)NCC1(CC(C)C)CCC1. The third kappa shape index (κ3) is 4.18. The minimum absolute atomic E-state index is 0.519. The van der Waals surface area contributed by atoms with Gasteiger partial charge in [-0.3, -0.25) is 14.8 Å². The zero-order valence-electron chi connectivity index (χ0n) is 15.3. The van der Waals surface area contributed by atoms with Crippen LogP contribution in [0.15, 0.2) is 4.99 Å². The monoisotopic (exact) mass is 321 g/mol. The molecule has 5 nitrogen and oxygen atoms in total. The first-order valence-corrected chi connectivity index (χ1v) is 9.51. The van der Waals surface area contributed by atoms with Gasteiger partial charge in [0.25, 0.3) is 0 Å². The molecule has 3 aliphatic heterocycles. The molecule has 0 aromatic heterocycles. The van der Waals surface area contributed by atoms with Crippen LogP contribution < -0.4 is 10.6 Å². The molecule has 3 saturated heterocycles. The van der Waals surface area contributed by atoms with Crippen LogP contribution in [0.5, 0.6) is 0 Å². The lowest BCUT2D eigenvalue weighted by atomic mass is 9.64. The van der Waals surface area contributed by atoms with Crippen LogP contribution in [0.25, 0.3) is 0 Å². The van der Waals surface area contributed by atoms with Crippen molar-refractivity contribution in [3.8, 4) is 0 Å². The maximum absolute atomic E-state index is 4.44. The largest absolute Gasteiger partial charge is 0.356 e. The van der Waals surface area contributed by atoms with E-state index in [9.17, 15) is 0 Å². The number of aliphatic imine (C=N–C) groups is 1. The summed E-state index contributed by atoms with van der Waals surface area (Å²) >= 11 is 0. The van der Waals surface area contributed by atoms with E-state index < -0.39 is 0 Å². The number of fused-ring (bicyclic) bond motifs is 3. The average Bonchev–Trinajstić information content (AvgIpc) is 2.53. The fourth-order valence-electron chi connectivity index (χ4n) is 4.62. The van der Waals surface area contributed by atoms with Crippen molar-refractivity contribution in [2.45, 2.75) is 45.6 Å². The van der Waals surface area contributed by atoms with Gasteiger partial charge in [-0.15, -0.1) is 0 Å². The van der Waals surface area contributed by atoms with Gasteiger partial charge in [-0.05, 0) is 30.6 Å². The third-order valence-electron chi connectivity index (χ3n) is 6.01. The predicted molar refractivity (Wildman–Crippen MR) is 96.9 cm³/mol. The van der Waals surface area contributed by atoms with Crippen LogP contribution in [-0.2, 0) is 0 Å². The first kappa shape index (κ1) is 17.0. The Labute approximate surface area is 141 Å². The fraction of sp³-hybridized carbons (Fsp3) is 0.944. The average molecular weight is 322 g/mol. The summed E-state index contributed by atoms with van der Waals surface area (Å²) in [4.78, 5) is 9.66. The van der Waals surface area contributed by atoms with Gasteiger partial charge in [0.05, 0.1) is 0 Å². The Hall–Kier alpha value is -0.810. The molecule has 132 valence electrons. The topological polar surface area (TPSA) is 42.9 Å². The van der Waals surface area contributed by atoms with Gasteiger partial charge in [0.2, 0.25) is 0 Å². The summed E-state index contributed by atoms with van der Waals surface area (Å²) in [5.74, 6) is 1.77. The second-order valence-electron chi connectivity index (χ2n) is 8.25. The smallest absolute Gasteiger partial charge is 0.191 e. The number of rotatable bonds is 6. The van der Waals surface area contributed by atoms with Crippen LogP contribution in [0.2, 0.25) is 0 Å². The molecular weight excluding hydrogens is 286 g/mol. The van der Waals surface area contributed by atoms with E-state index in [1.807, 2.05) is 7.05 Å². The molecule has 1 atom stereocenters. The van der Waals surface area contributed by atoms with Crippen LogP contribution in [0.3, 0.4) is 0 Å². The normalized spacial score (nSPS) is 32.7. The first-order chi connectivity index (χ1) is 11.1. The van der Waals surface area contributed by atoms with E-state index in [0.29, 0.717) is 11.5 Å². The number of hydrogen-bond donors (Lipinski definition) is 2.